The number of carbonyl (C=O) groups is 4. The van der Waals surface area contributed by atoms with Gasteiger partial charge in [-0.15, -0.1) is 0 Å². The Balaban J connectivity index is 1.32. The third-order valence-electron chi connectivity index (χ3n) is 9.20. The van der Waals surface area contributed by atoms with Crippen molar-refractivity contribution >= 4 is 35.6 Å². The van der Waals surface area contributed by atoms with E-state index in [9.17, 15) is 19.2 Å². The molecule has 0 saturated carbocycles. The van der Waals surface area contributed by atoms with Crippen LogP contribution in [-0.4, -0.2) is 66.2 Å². The van der Waals surface area contributed by atoms with Gasteiger partial charge in [0.05, 0.1) is 19.2 Å². The number of allylic oxidation sites excluding steroid dienone is 1. The van der Waals surface area contributed by atoms with Crippen molar-refractivity contribution in [1.29, 1.82) is 0 Å². The maximum Gasteiger partial charge on any atom is 0.417 e. The average molecular weight is 707 g/mol. The molecule has 0 unspecified atom stereocenters. The smallest absolute Gasteiger partial charge is 0.417 e. The van der Waals surface area contributed by atoms with Gasteiger partial charge in [0.15, 0.2) is 0 Å². The Morgan fingerprint density at radius 3 is 1.92 bits per heavy atom. The van der Waals surface area contributed by atoms with E-state index < -0.39 is 42.0 Å². The van der Waals surface area contributed by atoms with E-state index in [0.29, 0.717) is 29.2 Å². The molecule has 0 aliphatic carbocycles. The minimum atomic E-state index is -0.753. The van der Waals surface area contributed by atoms with Crippen molar-refractivity contribution < 1.29 is 33.4 Å². The molecule has 10 heteroatoms. The van der Waals surface area contributed by atoms with E-state index in [4.69, 9.17) is 25.8 Å². The molecular formula is C41H39ClN2O7. The highest BCUT2D eigenvalue weighted by Crippen LogP contribution is 2.28. The zero-order chi connectivity index (χ0) is 35.7. The Kier molecular flexibility index (Phi) is 11.5. The Morgan fingerprint density at radius 1 is 0.765 bits per heavy atom. The first kappa shape index (κ1) is 35.4. The van der Waals surface area contributed by atoms with Crippen LogP contribution < -0.4 is 4.74 Å². The van der Waals surface area contributed by atoms with Crippen LogP contribution in [0.5, 0.6) is 5.75 Å². The van der Waals surface area contributed by atoms with Gasteiger partial charge >= 0.3 is 12.2 Å². The van der Waals surface area contributed by atoms with E-state index in [1.54, 1.807) is 37.5 Å². The molecule has 262 valence electrons. The molecule has 2 aliphatic rings. The number of hydrogen-bond donors (Lipinski definition) is 0. The number of halogens is 1. The summed E-state index contributed by atoms with van der Waals surface area (Å²) >= 11 is 6.33. The molecule has 2 saturated heterocycles. The fourth-order valence-corrected chi connectivity index (χ4v) is 6.78. The Bertz CT molecular complexity index is 1880. The highest BCUT2D eigenvalue weighted by atomic mass is 35.5. The van der Waals surface area contributed by atoms with E-state index in [-0.39, 0.29) is 32.5 Å². The molecule has 51 heavy (non-hydrogen) atoms. The van der Waals surface area contributed by atoms with Crippen molar-refractivity contribution in [3.05, 3.63) is 148 Å². The quantitative estimate of drug-likeness (QED) is 0.135. The van der Waals surface area contributed by atoms with Crippen LogP contribution in [0.15, 0.2) is 121 Å². The number of cyclic esters (lactones) is 2. The second-order valence-corrected chi connectivity index (χ2v) is 13.2. The lowest BCUT2D eigenvalue weighted by molar-refractivity contribution is -0.133. The molecule has 4 aromatic rings. The average Bonchev–Trinajstić information content (AvgIpc) is 3.70. The van der Waals surface area contributed by atoms with E-state index in [0.717, 1.165) is 22.3 Å². The van der Waals surface area contributed by atoms with Crippen molar-refractivity contribution in [3.63, 3.8) is 0 Å². The minimum Gasteiger partial charge on any atom is -0.497 e. The van der Waals surface area contributed by atoms with Crippen LogP contribution in [0, 0.1) is 5.92 Å². The molecule has 4 aromatic carbocycles. The highest BCUT2D eigenvalue weighted by molar-refractivity contribution is 6.30. The summed E-state index contributed by atoms with van der Waals surface area (Å²) in [5.74, 6) is -0.993. The standard InChI is InChI=1S/C41H39ClN2O7/c1-49-37-19-15-30(16-20-37)21-32(38(45)43-35(26-50-40(43)47)24-28-9-4-2-5-10-28)17-18-33(22-31-13-8-14-34(42)23-31)39(46)44-36(27-51-41(44)48)25-29-11-6-3-7-12-29/h2-17,19-20,23,33,35-36H,18,21-22,24-27H2,1H3/b32-17+/t33-,35+,36+/m1/s1. The SMILES string of the molecule is COc1ccc(C/C(=C\C[C@H](Cc2cccc(Cl)c2)C(=O)N2C(=O)OC[C@@H]2Cc2ccccc2)C(=O)N2C(=O)OC[C@@H]2Cc2ccccc2)cc1. The minimum absolute atomic E-state index is 0.0744. The van der Waals surface area contributed by atoms with Gasteiger partial charge in [0.2, 0.25) is 5.91 Å². The van der Waals surface area contributed by atoms with Crippen LogP contribution in [0.2, 0.25) is 5.02 Å². The summed E-state index contributed by atoms with van der Waals surface area (Å²) in [6, 6.07) is 32.8. The molecule has 2 heterocycles. The number of benzene rings is 4. The molecule has 0 N–H and O–H groups in total. The summed E-state index contributed by atoms with van der Waals surface area (Å²) in [5.41, 5.74) is 3.88. The number of amides is 4. The molecule has 2 aliphatic heterocycles. The third kappa shape index (κ3) is 8.85. The number of carbonyl (C=O) groups excluding carboxylic acids is 4. The normalized spacial score (nSPS) is 18.0. The molecule has 0 radical (unpaired) electrons. The number of hydrogen-bond acceptors (Lipinski definition) is 7. The summed E-state index contributed by atoms with van der Waals surface area (Å²) in [7, 11) is 1.58. The molecule has 2 fully saturated rings. The molecule has 0 spiro atoms. The fourth-order valence-electron chi connectivity index (χ4n) is 6.57. The molecule has 4 amide bonds. The van der Waals surface area contributed by atoms with Crippen LogP contribution in [0.4, 0.5) is 9.59 Å². The van der Waals surface area contributed by atoms with Crippen molar-refractivity contribution in [2.24, 2.45) is 5.92 Å². The van der Waals surface area contributed by atoms with Gasteiger partial charge in [-0.2, -0.15) is 0 Å². The zero-order valence-electron chi connectivity index (χ0n) is 28.3. The fraction of sp³-hybridized carbons (Fsp3) is 0.268. The van der Waals surface area contributed by atoms with Gasteiger partial charge in [-0.1, -0.05) is 103 Å². The Morgan fingerprint density at radius 2 is 1.33 bits per heavy atom. The monoisotopic (exact) mass is 706 g/mol. The number of methoxy groups -OCH3 is 1. The Hall–Kier alpha value is -5.41. The first-order valence-corrected chi connectivity index (χ1v) is 17.3. The largest absolute Gasteiger partial charge is 0.497 e. The van der Waals surface area contributed by atoms with Crippen molar-refractivity contribution in [1.82, 2.24) is 9.80 Å². The van der Waals surface area contributed by atoms with E-state index >= 15 is 0 Å². The summed E-state index contributed by atoms with van der Waals surface area (Å²) in [6.07, 6.45) is 1.74. The summed E-state index contributed by atoms with van der Waals surface area (Å²) in [6.45, 7) is 0.158. The van der Waals surface area contributed by atoms with Gasteiger partial charge < -0.3 is 14.2 Å². The number of ether oxygens (including phenoxy) is 3. The summed E-state index contributed by atoms with van der Waals surface area (Å²) < 4.78 is 16.1. The maximum atomic E-state index is 14.4. The molecule has 6 rings (SSSR count). The van der Waals surface area contributed by atoms with E-state index in [2.05, 4.69) is 0 Å². The molecule has 3 atom stereocenters. The lowest BCUT2D eigenvalue weighted by Gasteiger charge is -2.25. The maximum absolute atomic E-state index is 14.4. The second-order valence-electron chi connectivity index (χ2n) is 12.7. The number of nitrogens with zero attached hydrogens (tertiary/aromatic N) is 2. The predicted octanol–water partition coefficient (Wildman–Crippen LogP) is 7.25. The van der Waals surface area contributed by atoms with Gasteiger partial charge in [-0.05, 0) is 72.2 Å². The van der Waals surface area contributed by atoms with E-state index in [1.807, 2.05) is 84.9 Å². The number of imide groups is 2. The first-order valence-electron chi connectivity index (χ1n) is 16.9. The molecule has 0 aromatic heterocycles. The Labute approximate surface area is 302 Å². The van der Waals surface area contributed by atoms with Crippen molar-refractivity contribution in [2.45, 2.75) is 44.2 Å². The molecule has 0 bridgehead atoms. The lowest BCUT2D eigenvalue weighted by Crippen LogP contribution is -2.44. The highest BCUT2D eigenvalue weighted by Gasteiger charge is 2.42. The van der Waals surface area contributed by atoms with Gasteiger partial charge in [0, 0.05) is 22.9 Å². The first-order chi connectivity index (χ1) is 24.8. The van der Waals surface area contributed by atoms with Crippen LogP contribution >= 0.6 is 11.6 Å². The summed E-state index contributed by atoms with van der Waals surface area (Å²) in [4.78, 5) is 57.4. The van der Waals surface area contributed by atoms with E-state index in [1.165, 1.54) is 9.80 Å². The van der Waals surface area contributed by atoms with Crippen LogP contribution in [0.1, 0.15) is 28.7 Å². The zero-order valence-corrected chi connectivity index (χ0v) is 29.0. The third-order valence-corrected chi connectivity index (χ3v) is 9.44. The summed E-state index contributed by atoms with van der Waals surface area (Å²) in [5, 5.41) is 0.518. The second kappa shape index (κ2) is 16.5. The van der Waals surface area contributed by atoms with Gasteiger partial charge in [0.25, 0.3) is 5.91 Å². The van der Waals surface area contributed by atoms with Crippen molar-refractivity contribution in [2.75, 3.05) is 20.3 Å². The van der Waals surface area contributed by atoms with Crippen LogP contribution in [-0.2, 0) is 44.7 Å². The van der Waals surface area contributed by atoms with Gasteiger partial charge in [-0.3, -0.25) is 9.59 Å². The topological polar surface area (TPSA) is 102 Å². The van der Waals surface area contributed by atoms with Crippen LogP contribution in [0.25, 0.3) is 0 Å². The lowest BCUT2D eigenvalue weighted by atomic mass is 9.91. The predicted molar refractivity (Wildman–Crippen MR) is 192 cm³/mol. The molecular weight excluding hydrogens is 668 g/mol. The van der Waals surface area contributed by atoms with Gasteiger partial charge in [-0.25, -0.2) is 19.4 Å². The van der Waals surface area contributed by atoms with Gasteiger partial charge in [0.1, 0.15) is 19.0 Å². The van der Waals surface area contributed by atoms with Crippen LogP contribution in [0.3, 0.4) is 0 Å². The molecule has 9 nitrogen and oxygen atoms in total. The van der Waals surface area contributed by atoms with Crippen molar-refractivity contribution in [3.8, 4) is 5.75 Å². The number of rotatable bonds is 13.